The van der Waals surface area contributed by atoms with Gasteiger partial charge in [-0.2, -0.15) is 0 Å². The van der Waals surface area contributed by atoms with Crippen LogP contribution in [0.4, 0.5) is 11.4 Å². The highest BCUT2D eigenvalue weighted by molar-refractivity contribution is 7.20. The van der Waals surface area contributed by atoms with Gasteiger partial charge in [-0.15, -0.1) is 22.7 Å². The first kappa shape index (κ1) is 15.4. The quantitative estimate of drug-likeness (QED) is 0.736. The molecule has 2 aromatic heterocycles. The van der Waals surface area contributed by atoms with Gasteiger partial charge in [0.15, 0.2) is 0 Å². The Hall–Kier alpha value is -2.18. The van der Waals surface area contributed by atoms with E-state index >= 15 is 0 Å². The molecule has 1 saturated heterocycles. The van der Waals surface area contributed by atoms with Crippen molar-refractivity contribution in [3.8, 4) is 9.88 Å². The summed E-state index contributed by atoms with van der Waals surface area (Å²) in [6.45, 7) is 2.10. The van der Waals surface area contributed by atoms with Gasteiger partial charge in [-0.3, -0.25) is 4.79 Å². The third-order valence-corrected chi connectivity index (χ3v) is 5.95. The summed E-state index contributed by atoms with van der Waals surface area (Å²) in [5, 5.41) is 7.76. The highest BCUT2D eigenvalue weighted by atomic mass is 32.1. The number of aromatic nitrogens is 1. The zero-order valence-corrected chi connectivity index (χ0v) is 14.7. The predicted molar refractivity (Wildman–Crippen MR) is 101 cm³/mol. The number of carbonyl (C=O) groups is 1. The number of thiophene rings is 1. The minimum absolute atomic E-state index is 0.152. The average Bonchev–Trinajstić information content (AvgIpc) is 3.35. The Bertz CT molecular complexity index is 836. The highest BCUT2D eigenvalue weighted by Crippen LogP contribution is 2.30. The smallest absolute Gasteiger partial charge is 0.275 e. The van der Waals surface area contributed by atoms with Crippen LogP contribution in [0.2, 0.25) is 0 Å². The van der Waals surface area contributed by atoms with E-state index < -0.39 is 0 Å². The van der Waals surface area contributed by atoms with Gasteiger partial charge in [-0.05, 0) is 36.4 Å². The van der Waals surface area contributed by atoms with Crippen LogP contribution in [0, 0.1) is 0 Å². The van der Waals surface area contributed by atoms with Crippen LogP contribution >= 0.6 is 22.7 Å². The number of nitrogens with zero attached hydrogens (tertiary/aromatic N) is 2. The summed E-state index contributed by atoms with van der Waals surface area (Å²) in [7, 11) is 0. The van der Waals surface area contributed by atoms with Crippen LogP contribution in [-0.2, 0) is 0 Å². The van der Waals surface area contributed by atoms with Gasteiger partial charge in [0.2, 0.25) is 0 Å². The summed E-state index contributed by atoms with van der Waals surface area (Å²) in [6, 6.07) is 12.0. The molecule has 24 heavy (non-hydrogen) atoms. The Kier molecular flexibility index (Phi) is 4.32. The molecule has 1 amide bonds. The van der Waals surface area contributed by atoms with E-state index in [4.69, 9.17) is 0 Å². The van der Waals surface area contributed by atoms with Crippen LogP contribution in [0.3, 0.4) is 0 Å². The van der Waals surface area contributed by atoms with E-state index in [-0.39, 0.29) is 5.91 Å². The molecule has 0 saturated carbocycles. The minimum atomic E-state index is -0.152. The molecule has 0 atom stereocenters. The second-order valence-electron chi connectivity index (χ2n) is 5.68. The van der Waals surface area contributed by atoms with Gasteiger partial charge in [-0.25, -0.2) is 4.98 Å². The lowest BCUT2D eigenvalue weighted by atomic mass is 10.2. The van der Waals surface area contributed by atoms with Crippen molar-refractivity contribution in [2.24, 2.45) is 0 Å². The van der Waals surface area contributed by atoms with E-state index in [1.54, 1.807) is 11.3 Å². The standard InChI is InChI=1S/C18H17N3OS2/c22-17(14-12-24-18(20-14)16-8-5-11-23-16)19-13-6-1-2-7-15(13)21-9-3-4-10-21/h1-2,5-8,11-12H,3-4,9-10H2,(H,19,22). The summed E-state index contributed by atoms with van der Waals surface area (Å²) in [5.41, 5.74) is 2.42. The van der Waals surface area contributed by atoms with Crippen molar-refractivity contribution >= 4 is 40.0 Å². The van der Waals surface area contributed by atoms with E-state index in [9.17, 15) is 4.79 Å². The van der Waals surface area contributed by atoms with E-state index in [1.165, 1.54) is 24.2 Å². The average molecular weight is 355 g/mol. The fourth-order valence-corrected chi connectivity index (χ4v) is 4.51. The second kappa shape index (κ2) is 6.75. The Balaban J connectivity index is 1.54. The first-order valence-electron chi connectivity index (χ1n) is 7.96. The number of hydrogen-bond acceptors (Lipinski definition) is 5. The van der Waals surface area contributed by atoms with Gasteiger partial charge >= 0.3 is 0 Å². The lowest BCUT2D eigenvalue weighted by molar-refractivity contribution is 0.102. The van der Waals surface area contributed by atoms with E-state index in [2.05, 4.69) is 21.3 Å². The Morgan fingerprint density at radius 2 is 1.92 bits per heavy atom. The maximum Gasteiger partial charge on any atom is 0.275 e. The molecule has 0 unspecified atom stereocenters. The number of thiazole rings is 1. The largest absolute Gasteiger partial charge is 0.370 e. The van der Waals surface area contributed by atoms with Crippen LogP contribution in [0.25, 0.3) is 9.88 Å². The second-order valence-corrected chi connectivity index (χ2v) is 7.49. The molecule has 0 radical (unpaired) electrons. The molecule has 0 spiro atoms. The van der Waals surface area contributed by atoms with Gasteiger partial charge in [0.05, 0.1) is 16.3 Å². The van der Waals surface area contributed by atoms with Crippen LogP contribution in [0.1, 0.15) is 23.3 Å². The van der Waals surface area contributed by atoms with Gasteiger partial charge in [0, 0.05) is 18.5 Å². The van der Waals surface area contributed by atoms with Crippen molar-refractivity contribution < 1.29 is 4.79 Å². The van der Waals surface area contributed by atoms with Crippen molar-refractivity contribution in [2.45, 2.75) is 12.8 Å². The molecule has 122 valence electrons. The van der Waals surface area contributed by atoms with Crippen molar-refractivity contribution in [1.82, 2.24) is 4.98 Å². The number of carbonyl (C=O) groups excluding carboxylic acids is 1. The van der Waals surface area contributed by atoms with Crippen LogP contribution in [0.5, 0.6) is 0 Å². The zero-order chi connectivity index (χ0) is 16.4. The zero-order valence-electron chi connectivity index (χ0n) is 13.1. The van der Waals surface area contributed by atoms with Gasteiger partial charge in [0.25, 0.3) is 5.91 Å². The number of rotatable bonds is 4. The number of anilines is 2. The number of para-hydroxylation sites is 2. The molecule has 1 N–H and O–H groups in total. The molecule has 1 aromatic carbocycles. The summed E-state index contributed by atoms with van der Waals surface area (Å²) < 4.78 is 0. The Morgan fingerprint density at radius 3 is 2.71 bits per heavy atom. The van der Waals surface area contributed by atoms with E-state index in [0.717, 1.165) is 34.3 Å². The molecule has 4 nitrogen and oxygen atoms in total. The molecule has 1 aliphatic rings. The van der Waals surface area contributed by atoms with Crippen molar-refractivity contribution in [3.05, 3.63) is 52.9 Å². The van der Waals surface area contributed by atoms with Gasteiger partial charge < -0.3 is 10.2 Å². The number of hydrogen-bond donors (Lipinski definition) is 1. The van der Waals surface area contributed by atoms with Crippen molar-refractivity contribution in [3.63, 3.8) is 0 Å². The Labute approximate surface area is 148 Å². The molecule has 1 aliphatic heterocycles. The Morgan fingerprint density at radius 1 is 1.08 bits per heavy atom. The molecule has 6 heteroatoms. The summed E-state index contributed by atoms with van der Waals surface area (Å²) >= 11 is 3.14. The molecular weight excluding hydrogens is 338 g/mol. The molecule has 0 bridgehead atoms. The predicted octanol–water partition coefficient (Wildman–Crippen LogP) is 4.72. The molecule has 4 rings (SSSR count). The van der Waals surface area contributed by atoms with E-state index in [1.807, 2.05) is 41.1 Å². The summed E-state index contributed by atoms with van der Waals surface area (Å²) in [5.74, 6) is -0.152. The van der Waals surface area contributed by atoms with Crippen LogP contribution in [-0.4, -0.2) is 24.0 Å². The first-order valence-corrected chi connectivity index (χ1v) is 9.72. The maximum absolute atomic E-state index is 12.6. The molecular formula is C18H17N3OS2. The van der Waals surface area contributed by atoms with Gasteiger partial charge in [-0.1, -0.05) is 18.2 Å². The van der Waals surface area contributed by atoms with E-state index in [0.29, 0.717) is 5.69 Å². The third kappa shape index (κ3) is 3.07. The molecule has 3 heterocycles. The summed E-state index contributed by atoms with van der Waals surface area (Å²) in [6.07, 6.45) is 2.41. The fourth-order valence-electron chi connectivity index (χ4n) is 2.89. The SMILES string of the molecule is O=C(Nc1ccccc1N1CCCC1)c1csc(-c2cccs2)n1. The number of nitrogens with one attached hydrogen (secondary N) is 1. The topological polar surface area (TPSA) is 45.2 Å². The number of amides is 1. The summed E-state index contributed by atoms with van der Waals surface area (Å²) in [4.78, 5) is 20.5. The number of benzene rings is 1. The molecule has 0 aliphatic carbocycles. The molecule has 3 aromatic rings. The maximum atomic E-state index is 12.6. The van der Waals surface area contributed by atoms with Crippen molar-refractivity contribution in [2.75, 3.05) is 23.3 Å². The van der Waals surface area contributed by atoms with Crippen LogP contribution < -0.4 is 10.2 Å². The highest BCUT2D eigenvalue weighted by Gasteiger charge is 2.18. The minimum Gasteiger partial charge on any atom is -0.370 e. The first-order chi connectivity index (χ1) is 11.8. The third-order valence-electron chi connectivity index (χ3n) is 4.07. The van der Waals surface area contributed by atoms with Crippen LogP contribution in [0.15, 0.2) is 47.2 Å². The van der Waals surface area contributed by atoms with Gasteiger partial charge in [0.1, 0.15) is 10.7 Å². The normalized spacial score (nSPS) is 14.1. The lowest BCUT2D eigenvalue weighted by Gasteiger charge is -2.21. The monoisotopic (exact) mass is 355 g/mol. The van der Waals surface area contributed by atoms with Crippen molar-refractivity contribution in [1.29, 1.82) is 0 Å². The fraction of sp³-hybridized carbons (Fsp3) is 0.222. The molecule has 1 fully saturated rings. The lowest BCUT2D eigenvalue weighted by Crippen LogP contribution is -2.21.